The first-order chi connectivity index (χ1) is 7.57. The number of hydrogen-bond donors (Lipinski definition) is 0. The van der Waals surface area contributed by atoms with E-state index in [1.54, 1.807) is 25.0 Å². The van der Waals surface area contributed by atoms with Crippen LogP contribution in [0.25, 0.3) is 0 Å². The first-order valence-corrected chi connectivity index (χ1v) is 4.91. The zero-order valence-electron chi connectivity index (χ0n) is 9.25. The number of amidine groups is 1. The Kier molecular flexibility index (Phi) is 2.34. The van der Waals surface area contributed by atoms with Crippen molar-refractivity contribution in [2.45, 2.75) is 6.04 Å². The van der Waals surface area contributed by atoms with Crippen molar-refractivity contribution in [3.8, 4) is 0 Å². The highest BCUT2D eigenvalue weighted by atomic mass is 16.2. The molecule has 0 aromatic carbocycles. The quantitative estimate of drug-likeness (QED) is 0.467. The van der Waals surface area contributed by atoms with E-state index in [2.05, 4.69) is 11.6 Å². The second-order valence-corrected chi connectivity index (χ2v) is 3.75. The summed E-state index contributed by atoms with van der Waals surface area (Å²) in [7, 11) is 3.37. The molecule has 2 aliphatic heterocycles. The molecule has 16 heavy (non-hydrogen) atoms. The van der Waals surface area contributed by atoms with E-state index >= 15 is 0 Å². The van der Waals surface area contributed by atoms with Gasteiger partial charge >= 0.3 is 6.03 Å². The number of carbonyl (C=O) groups excluding carboxylic acids is 2. The van der Waals surface area contributed by atoms with Crippen molar-refractivity contribution in [3.05, 3.63) is 12.7 Å². The van der Waals surface area contributed by atoms with Gasteiger partial charge in [0, 0.05) is 13.6 Å². The van der Waals surface area contributed by atoms with E-state index in [-0.39, 0.29) is 18.5 Å². The summed E-state index contributed by atoms with van der Waals surface area (Å²) in [6, 6.07) is -0.841. The standard InChI is InChI=1S/C10H13N4O2/c1-4-5-14-9(15)7-8(11-6-12(7)2)13(3)10(14)16/h4,6-7H,1,5H2,2-3H3/q+1. The van der Waals surface area contributed by atoms with E-state index in [1.165, 1.54) is 15.9 Å². The summed E-state index contributed by atoms with van der Waals surface area (Å²) in [5, 5.41) is 0. The van der Waals surface area contributed by atoms with E-state index in [4.69, 9.17) is 0 Å². The topological polar surface area (TPSA) is 56.0 Å². The van der Waals surface area contributed by atoms with Gasteiger partial charge in [-0.2, -0.15) is 0 Å². The van der Waals surface area contributed by atoms with E-state index in [0.29, 0.717) is 5.84 Å². The van der Waals surface area contributed by atoms with Gasteiger partial charge < -0.3 is 0 Å². The third-order valence-electron chi connectivity index (χ3n) is 2.70. The fourth-order valence-corrected chi connectivity index (χ4v) is 1.84. The van der Waals surface area contributed by atoms with Crippen LogP contribution >= 0.6 is 0 Å². The third-order valence-corrected chi connectivity index (χ3v) is 2.70. The highest BCUT2D eigenvalue weighted by Crippen LogP contribution is 2.16. The molecule has 0 N–H and O–H groups in total. The first kappa shape index (κ1) is 10.5. The van der Waals surface area contributed by atoms with Gasteiger partial charge in [-0.05, 0) is 4.99 Å². The van der Waals surface area contributed by atoms with Crippen molar-refractivity contribution in [3.63, 3.8) is 0 Å². The van der Waals surface area contributed by atoms with Gasteiger partial charge in [-0.1, -0.05) is 6.08 Å². The zero-order valence-corrected chi connectivity index (χ0v) is 9.25. The highest BCUT2D eigenvalue weighted by molar-refractivity contribution is 6.21. The predicted molar refractivity (Wildman–Crippen MR) is 58.5 cm³/mol. The number of urea groups is 1. The summed E-state index contributed by atoms with van der Waals surface area (Å²) >= 11 is 0. The SMILES string of the molecule is C=CCN1C(=O)C2C(=NC=[N+]2C)N(C)C1=O. The van der Waals surface area contributed by atoms with Gasteiger partial charge in [0.1, 0.15) is 0 Å². The molecule has 2 heterocycles. The van der Waals surface area contributed by atoms with Gasteiger partial charge in [0.2, 0.25) is 0 Å². The molecule has 1 unspecified atom stereocenters. The van der Waals surface area contributed by atoms with Crippen molar-refractivity contribution in [2.24, 2.45) is 4.99 Å². The summed E-state index contributed by atoms with van der Waals surface area (Å²) in [5.41, 5.74) is 0. The molecular weight excluding hydrogens is 208 g/mol. The van der Waals surface area contributed by atoms with Crippen LogP contribution in [0.15, 0.2) is 17.6 Å². The normalized spacial score (nSPS) is 24.2. The molecule has 0 bridgehead atoms. The molecule has 1 atom stereocenters. The van der Waals surface area contributed by atoms with Crippen LogP contribution in [0.3, 0.4) is 0 Å². The Morgan fingerprint density at radius 3 is 2.94 bits per heavy atom. The number of rotatable bonds is 2. The number of aliphatic imine (C=N–C) groups is 1. The zero-order chi connectivity index (χ0) is 11.9. The van der Waals surface area contributed by atoms with Crippen molar-refractivity contribution in [1.82, 2.24) is 9.80 Å². The molecule has 2 rings (SSSR count). The number of nitrogens with zero attached hydrogens (tertiary/aromatic N) is 4. The summed E-state index contributed by atoms with van der Waals surface area (Å²) in [6.45, 7) is 3.76. The summed E-state index contributed by atoms with van der Waals surface area (Å²) in [5.74, 6) is 0.232. The monoisotopic (exact) mass is 221 g/mol. The van der Waals surface area contributed by atoms with E-state index in [1.807, 2.05) is 0 Å². The smallest absolute Gasteiger partial charge is 0.269 e. The third kappa shape index (κ3) is 1.26. The van der Waals surface area contributed by atoms with Crippen molar-refractivity contribution in [2.75, 3.05) is 20.6 Å². The first-order valence-electron chi connectivity index (χ1n) is 4.91. The molecule has 0 saturated carbocycles. The maximum atomic E-state index is 12.1. The average molecular weight is 221 g/mol. The summed E-state index contributed by atoms with van der Waals surface area (Å²) in [6.07, 6.45) is 3.09. The second kappa shape index (κ2) is 3.55. The molecule has 6 nitrogen and oxygen atoms in total. The molecule has 2 aliphatic rings. The molecule has 3 amide bonds. The lowest BCUT2D eigenvalue weighted by Gasteiger charge is -2.31. The molecule has 0 aromatic rings. The van der Waals surface area contributed by atoms with Gasteiger partial charge in [-0.15, -0.1) is 6.58 Å². The Morgan fingerprint density at radius 1 is 1.62 bits per heavy atom. The molecule has 84 valence electrons. The molecule has 1 fully saturated rings. The molecule has 0 aromatic heterocycles. The van der Waals surface area contributed by atoms with Gasteiger partial charge in [0.05, 0.1) is 7.05 Å². The highest BCUT2D eigenvalue weighted by Gasteiger charge is 2.50. The van der Waals surface area contributed by atoms with Crippen molar-refractivity contribution in [1.29, 1.82) is 0 Å². The Bertz CT molecular complexity index is 438. The fraction of sp³-hybridized carbons (Fsp3) is 0.400. The van der Waals surface area contributed by atoms with Crippen LogP contribution in [-0.2, 0) is 4.79 Å². The molecule has 0 spiro atoms. The molecular formula is C10H13N4O2+. The minimum Gasteiger partial charge on any atom is -0.269 e. The van der Waals surface area contributed by atoms with Gasteiger partial charge in [0.15, 0.2) is 0 Å². The van der Waals surface area contributed by atoms with Gasteiger partial charge in [-0.25, -0.2) is 9.37 Å². The minimum absolute atomic E-state index is 0.222. The van der Waals surface area contributed by atoms with Crippen LogP contribution in [-0.4, -0.2) is 65.2 Å². The minimum atomic E-state index is -0.484. The molecule has 0 radical (unpaired) electrons. The summed E-state index contributed by atoms with van der Waals surface area (Å²) in [4.78, 5) is 30.5. The second-order valence-electron chi connectivity index (χ2n) is 3.75. The number of likely N-dealkylation sites (N-methyl/N-ethyl adjacent to an activating group) is 2. The maximum Gasteiger partial charge on any atom is 0.334 e. The molecule has 1 saturated heterocycles. The lowest BCUT2D eigenvalue weighted by molar-refractivity contribution is -0.500. The van der Waals surface area contributed by atoms with Crippen LogP contribution < -0.4 is 0 Å². The van der Waals surface area contributed by atoms with E-state index in [0.717, 1.165) is 0 Å². The van der Waals surface area contributed by atoms with E-state index < -0.39 is 6.04 Å². The van der Waals surface area contributed by atoms with Crippen LogP contribution in [0.5, 0.6) is 0 Å². The lowest BCUT2D eigenvalue weighted by atomic mass is 10.1. The largest absolute Gasteiger partial charge is 0.334 e. The number of amides is 3. The lowest BCUT2D eigenvalue weighted by Crippen LogP contribution is -2.62. The van der Waals surface area contributed by atoms with Crippen molar-refractivity contribution >= 4 is 24.1 Å². The number of imide groups is 1. The Morgan fingerprint density at radius 2 is 2.31 bits per heavy atom. The Balaban J connectivity index is 2.38. The number of fused-ring (bicyclic) bond motifs is 1. The summed E-state index contributed by atoms with van der Waals surface area (Å²) < 4.78 is 1.69. The number of hydrogen-bond acceptors (Lipinski definition) is 3. The van der Waals surface area contributed by atoms with Crippen LogP contribution in [0.1, 0.15) is 0 Å². The van der Waals surface area contributed by atoms with Crippen LogP contribution in [0.2, 0.25) is 0 Å². The predicted octanol–water partition coefficient (Wildman–Crippen LogP) is -0.482. The Labute approximate surface area is 93.2 Å². The molecule has 0 aliphatic carbocycles. The molecule has 6 heteroatoms. The average Bonchev–Trinajstić information content (AvgIpc) is 2.64. The Hall–Kier alpha value is -1.98. The van der Waals surface area contributed by atoms with Gasteiger partial charge in [0.25, 0.3) is 24.1 Å². The van der Waals surface area contributed by atoms with Crippen LogP contribution in [0.4, 0.5) is 4.79 Å². The number of carbonyl (C=O) groups is 2. The van der Waals surface area contributed by atoms with Crippen molar-refractivity contribution < 1.29 is 14.2 Å². The maximum absolute atomic E-state index is 12.1. The van der Waals surface area contributed by atoms with Crippen LogP contribution in [0, 0.1) is 0 Å². The fourth-order valence-electron chi connectivity index (χ4n) is 1.84. The van der Waals surface area contributed by atoms with E-state index in [9.17, 15) is 9.59 Å². The van der Waals surface area contributed by atoms with Gasteiger partial charge in [-0.3, -0.25) is 14.6 Å².